The number of thioether (sulfide) groups is 1. The molecule has 1 heterocycles. The van der Waals surface area contributed by atoms with E-state index in [2.05, 4.69) is 0 Å². The standard InChI is InChI=1S/C14H17NO3S/c1-9-5-3-4-6-11(9)14-15(8-7-12(16)17)13(18)10(2)19-14/h3-6,10,14H,7-8H2,1-2H3,(H,16,17). The van der Waals surface area contributed by atoms with Crippen molar-refractivity contribution in [2.24, 2.45) is 0 Å². The molecule has 2 rings (SSSR count). The van der Waals surface area contributed by atoms with Crippen molar-refractivity contribution in [2.75, 3.05) is 6.54 Å². The van der Waals surface area contributed by atoms with Crippen LogP contribution in [-0.2, 0) is 9.59 Å². The minimum atomic E-state index is -0.874. The molecule has 1 fully saturated rings. The first kappa shape index (κ1) is 13.9. The van der Waals surface area contributed by atoms with Crippen LogP contribution in [0.5, 0.6) is 0 Å². The molecule has 4 nitrogen and oxygen atoms in total. The number of aliphatic carboxylic acids is 1. The van der Waals surface area contributed by atoms with Crippen LogP contribution in [0.15, 0.2) is 24.3 Å². The Hall–Kier alpha value is -1.49. The smallest absolute Gasteiger partial charge is 0.305 e. The van der Waals surface area contributed by atoms with Crippen molar-refractivity contribution in [3.05, 3.63) is 35.4 Å². The van der Waals surface area contributed by atoms with E-state index in [0.29, 0.717) is 0 Å². The predicted octanol–water partition coefficient (Wildman–Crippen LogP) is 2.43. The Kier molecular flexibility index (Phi) is 4.14. The molecule has 0 aromatic heterocycles. The summed E-state index contributed by atoms with van der Waals surface area (Å²) < 4.78 is 0. The average molecular weight is 279 g/mol. The summed E-state index contributed by atoms with van der Waals surface area (Å²) in [6.45, 7) is 4.16. The number of aryl methyl sites for hydroxylation is 1. The molecule has 102 valence electrons. The van der Waals surface area contributed by atoms with Crippen LogP contribution < -0.4 is 0 Å². The molecule has 1 amide bonds. The molecule has 1 saturated heterocycles. The highest BCUT2D eigenvalue weighted by Crippen LogP contribution is 2.43. The van der Waals surface area contributed by atoms with Crippen molar-refractivity contribution in [1.82, 2.24) is 4.90 Å². The van der Waals surface area contributed by atoms with Crippen LogP contribution in [0.2, 0.25) is 0 Å². The lowest BCUT2D eigenvalue weighted by atomic mass is 10.1. The van der Waals surface area contributed by atoms with Crippen LogP contribution in [0.4, 0.5) is 0 Å². The Bertz CT molecular complexity index is 503. The van der Waals surface area contributed by atoms with Crippen molar-refractivity contribution < 1.29 is 14.7 Å². The van der Waals surface area contributed by atoms with Gasteiger partial charge in [-0.05, 0) is 25.0 Å². The Morgan fingerprint density at radius 1 is 1.42 bits per heavy atom. The highest BCUT2D eigenvalue weighted by molar-refractivity contribution is 8.01. The van der Waals surface area contributed by atoms with Crippen molar-refractivity contribution in [3.63, 3.8) is 0 Å². The molecule has 0 bridgehead atoms. The molecule has 5 heteroatoms. The van der Waals surface area contributed by atoms with Crippen LogP contribution >= 0.6 is 11.8 Å². The zero-order valence-electron chi connectivity index (χ0n) is 11.0. The number of amides is 1. The first-order valence-corrected chi connectivity index (χ1v) is 7.18. The summed E-state index contributed by atoms with van der Waals surface area (Å²) in [5, 5.41) is 8.61. The first-order valence-electron chi connectivity index (χ1n) is 6.24. The molecule has 2 atom stereocenters. The predicted molar refractivity (Wildman–Crippen MR) is 74.9 cm³/mol. The van der Waals surface area contributed by atoms with Crippen molar-refractivity contribution in [2.45, 2.75) is 30.9 Å². The summed E-state index contributed by atoms with van der Waals surface area (Å²) in [6, 6.07) is 7.93. The molecule has 0 saturated carbocycles. The van der Waals surface area contributed by atoms with Crippen LogP contribution in [0, 0.1) is 6.92 Å². The number of carboxylic acids is 1. The minimum Gasteiger partial charge on any atom is -0.481 e. The van der Waals surface area contributed by atoms with Gasteiger partial charge in [-0.2, -0.15) is 0 Å². The summed E-state index contributed by atoms with van der Waals surface area (Å²) in [5.41, 5.74) is 2.22. The monoisotopic (exact) mass is 279 g/mol. The number of carboxylic acid groups (broad SMARTS) is 1. The Labute approximate surface area is 116 Å². The molecule has 1 N–H and O–H groups in total. The maximum atomic E-state index is 12.1. The van der Waals surface area contributed by atoms with E-state index in [-0.39, 0.29) is 29.5 Å². The Morgan fingerprint density at radius 3 is 2.74 bits per heavy atom. The second-order valence-corrected chi connectivity index (χ2v) is 6.09. The molecule has 2 unspecified atom stereocenters. The van der Waals surface area contributed by atoms with Crippen LogP contribution in [-0.4, -0.2) is 33.7 Å². The minimum absolute atomic E-state index is 0.0125. The Balaban J connectivity index is 2.25. The maximum Gasteiger partial charge on any atom is 0.305 e. The largest absolute Gasteiger partial charge is 0.481 e. The zero-order valence-corrected chi connectivity index (χ0v) is 11.8. The molecule has 0 spiro atoms. The molecular formula is C14H17NO3S. The molecule has 1 aromatic carbocycles. The van der Waals surface area contributed by atoms with Crippen LogP contribution in [0.25, 0.3) is 0 Å². The fourth-order valence-corrected chi connectivity index (χ4v) is 3.63. The molecule has 0 radical (unpaired) electrons. The summed E-state index contributed by atoms with van der Waals surface area (Å²) in [5.74, 6) is -0.847. The number of carbonyl (C=O) groups excluding carboxylic acids is 1. The maximum absolute atomic E-state index is 12.1. The van der Waals surface area contributed by atoms with Crippen molar-refractivity contribution in [3.8, 4) is 0 Å². The first-order chi connectivity index (χ1) is 9.00. The zero-order chi connectivity index (χ0) is 14.0. The van der Waals surface area contributed by atoms with Crippen LogP contribution in [0.3, 0.4) is 0 Å². The normalized spacial score (nSPS) is 22.8. The van der Waals surface area contributed by atoms with E-state index in [1.807, 2.05) is 38.1 Å². The van der Waals surface area contributed by atoms with Gasteiger partial charge < -0.3 is 10.0 Å². The van der Waals surface area contributed by atoms with Gasteiger partial charge in [-0.25, -0.2) is 0 Å². The highest BCUT2D eigenvalue weighted by atomic mass is 32.2. The fourth-order valence-electron chi connectivity index (χ4n) is 2.22. The van der Waals surface area contributed by atoms with Crippen LogP contribution in [0.1, 0.15) is 29.8 Å². The number of hydrogen-bond acceptors (Lipinski definition) is 3. The average Bonchev–Trinajstić information content (AvgIpc) is 2.64. The molecule has 1 aliphatic heterocycles. The van der Waals surface area contributed by atoms with Gasteiger partial charge in [-0.3, -0.25) is 9.59 Å². The van der Waals surface area contributed by atoms with Gasteiger partial charge in [0.1, 0.15) is 5.37 Å². The highest BCUT2D eigenvalue weighted by Gasteiger charge is 2.38. The quantitative estimate of drug-likeness (QED) is 0.919. The third kappa shape index (κ3) is 2.92. The lowest BCUT2D eigenvalue weighted by Gasteiger charge is -2.24. The summed E-state index contributed by atoms with van der Waals surface area (Å²) >= 11 is 1.58. The fraction of sp³-hybridized carbons (Fsp3) is 0.429. The van der Waals surface area contributed by atoms with Gasteiger partial charge >= 0.3 is 5.97 Å². The SMILES string of the molecule is Cc1ccccc1C1SC(C)C(=O)N1CCC(=O)O. The number of rotatable bonds is 4. The van der Waals surface area contributed by atoms with E-state index in [1.54, 1.807) is 16.7 Å². The van der Waals surface area contributed by atoms with Crippen molar-refractivity contribution >= 4 is 23.6 Å². The number of nitrogens with zero attached hydrogens (tertiary/aromatic N) is 1. The lowest BCUT2D eigenvalue weighted by Crippen LogP contribution is -2.32. The third-order valence-corrected chi connectivity index (χ3v) is 4.64. The number of carbonyl (C=O) groups is 2. The molecule has 0 aliphatic carbocycles. The summed E-state index contributed by atoms with van der Waals surface area (Å²) in [6.07, 6.45) is -0.0125. The van der Waals surface area contributed by atoms with Gasteiger partial charge in [0.05, 0.1) is 11.7 Å². The van der Waals surface area contributed by atoms with Gasteiger partial charge in [-0.15, -0.1) is 11.8 Å². The molecule has 19 heavy (non-hydrogen) atoms. The van der Waals surface area contributed by atoms with E-state index < -0.39 is 5.97 Å². The second-order valence-electron chi connectivity index (χ2n) is 4.66. The van der Waals surface area contributed by atoms with Gasteiger partial charge in [0.2, 0.25) is 5.91 Å². The van der Waals surface area contributed by atoms with Gasteiger partial charge in [0.25, 0.3) is 0 Å². The van der Waals surface area contributed by atoms with E-state index >= 15 is 0 Å². The molecule has 1 aliphatic rings. The third-order valence-electron chi connectivity index (χ3n) is 3.27. The second kappa shape index (κ2) is 5.65. The lowest BCUT2D eigenvalue weighted by molar-refractivity contribution is -0.138. The van der Waals surface area contributed by atoms with E-state index in [1.165, 1.54) is 0 Å². The Morgan fingerprint density at radius 2 is 2.11 bits per heavy atom. The topological polar surface area (TPSA) is 57.6 Å². The van der Waals surface area contributed by atoms with E-state index in [9.17, 15) is 9.59 Å². The van der Waals surface area contributed by atoms with Gasteiger partial charge in [-0.1, -0.05) is 24.3 Å². The van der Waals surface area contributed by atoms with Crippen molar-refractivity contribution in [1.29, 1.82) is 0 Å². The van der Waals surface area contributed by atoms with E-state index in [4.69, 9.17) is 5.11 Å². The molecular weight excluding hydrogens is 262 g/mol. The van der Waals surface area contributed by atoms with E-state index in [0.717, 1.165) is 11.1 Å². The number of hydrogen-bond donors (Lipinski definition) is 1. The summed E-state index contributed by atoms with van der Waals surface area (Å²) in [7, 11) is 0. The molecule has 1 aromatic rings. The summed E-state index contributed by atoms with van der Waals surface area (Å²) in [4.78, 5) is 24.5. The van der Waals surface area contributed by atoms with Gasteiger partial charge in [0.15, 0.2) is 0 Å². The van der Waals surface area contributed by atoms with Gasteiger partial charge in [0, 0.05) is 6.54 Å². The number of benzene rings is 1.